The van der Waals surface area contributed by atoms with Crippen molar-refractivity contribution >= 4 is 11.9 Å². The van der Waals surface area contributed by atoms with Crippen LogP contribution in [-0.4, -0.2) is 41.0 Å². The molecule has 1 atom stereocenters. The summed E-state index contributed by atoms with van der Waals surface area (Å²) in [6, 6.07) is -0.457. The van der Waals surface area contributed by atoms with Gasteiger partial charge in [0.2, 0.25) is 5.91 Å². The minimum atomic E-state index is -0.757. The van der Waals surface area contributed by atoms with E-state index in [4.69, 9.17) is 10.8 Å². The van der Waals surface area contributed by atoms with E-state index in [0.717, 1.165) is 12.8 Å². The summed E-state index contributed by atoms with van der Waals surface area (Å²) in [5, 5.41) is 8.63. The van der Waals surface area contributed by atoms with Crippen LogP contribution in [0.3, 0.4) is 0 Å². The highest BCUT2D eigenvalue weighted by Gasteiger charge is 2.25. The maximum Gasteiger partial charge on any atom is 0.303 e. The second kappa shape index (κ2) is 5.11. The first kappa shape index (κ1) is 12.0. The van der Waals surface area contributed by atoms with Gasteiger partial charge in [0.25, 0.3) is 0 Å². The molecule has 1 fully saturated rings. The Kier molecular flexibility index (Phi) is 4.08. The third-order valence-electron chi connectivity index (χ3n) is 2.78. The van der Waals surface area contributed by atoms with Crippen molar-refractivity contribution in [1.82, 2.24) is 4.90 Å². The van der Waals surface area contributed by atoms with Crippen molar-refractivity contribution in [3.63, 3.8) is 0 Å². The maximum atomic E-state index is 11.5. The Morgan fingerprint density at radius 3 is 2.40 bits per heavy atom. The van der Waals surface area contributed by atoms with E-state index in [-0.39, 0.29) is 18.2 Å². The summed E-state index contributed by atoms with van der Waals surface area (Å²) >= 11 is 0. The smallest absolute Gasteiger partial charge is 0.303 e. The molecule has 0 radical (unpaired) electrons. The van der Waals surface area contributed by atoms with Crippen LogP contribution in [0.4, 0.5) is 0 Å². The van der Waals surface area contributed by atoms with Gasteiger partial charge in [0.05, 0.1) is 6.04 Å². The fourth-order valence-electron chi connectivity index (χ4n) is 1.89. The van der Waals surface area contributed by atoms with E-state index >= 15 is 0 Å². The highest BCUT2D eigenvalue weighted by atomic mass is 16.4. The second-order valence-corrected chi connectivity index (χ2v) is 4.16. The van der Waals surface area contributed by atoms with Gasteiger partial charge in [0, 0.05) is 19.5 Å². The largest absolute Gasteiger partial charge is 0.481 e. The van der Waals surface area contributed by atoms with Crippen LogP contribution in [0.25, 0.3) is 0 Å². The summed E-state index contributed by atoms with van der Waals surface area (Å²) < 4.78 is 0. The molecule has 0 aromatic heterocycles. The summed E-state index contributed by atoms with van der Waals surface area (Å²) in [5.41, 5.74) is 5.50. The number of piperidine rings is 1. The number of hydrogen-bond acceptors (Lipinski definition) is 3. The van der Waals surface area contributed by atoms with Crippen LogP contribution in [0.1, 0.15) is 26.2 Å². The number of likely N-dealkylation sites (tertiary alicyclic amines) is 1. The highest BCUT2D eigenvalue weighted by molar-refractivity contribution is 5.81. The van der Waals surface area contributed by atoms with Gasteiger partial charge in [0.1, 0.15) is 0 Å². The first-order valence-corrected chi connectivity index (χ1v) is 5.27. The average Bonchev–Trinajstić information content (AvgIpc) is 2.17. The summed E-state index contributed by atoms with van der Waals surface area (Å²) in [7, 11) is 0. The molecular formula is C10H18N2O3. The lowest BCUT2D eigenvalue weighted by molar-refractivity contribution is -0.138. The van der Waals surface area contributed by atoms with Gasteiger partial charge in [-0.05, 0) is 25.7 Å². The Morgan fingerprint density at radius 1 is 1.47 bits per heavy atom. The third-order valence-corrected chi connectivity index (χ3v) is 2.78. The van der Waals surface area contributed by atoms with Crippen molar-refractivity contribution < 1.29 is 14.7 Å². The monoisotopic (exact) mass is 214 g/mol. The van der Waals surface area contributed by atoms with Crippen LogP contribution in [0, 0.1) is 5.92 Å². The van der Waals surface area contributed by atoms with Crippen molar-refractivity contribution in [2.45, 2.75) is 32.2 Å². The number of amides is 1. The van der Waals surface area contributed by atoms with E-state index in [1.54, 1.807) is 11.8 Å². The van der Waals surface area contributed by atoms with E-state index in [9.17, 15) is 9.59 Å². The molecule has 1 unspecified atom stereocenters. The summed E-state index contributed by atoms with van der Waals surface area (Å²) in [6.45, 7) is 2.95. The van der Waals surface area contributed by atoms with Gasteiger partial charge in [-0.3, -0.25) is 9.59 Å². The van der Waals surface area contributed by atoms with E-state index < -0.39 is 12.0 Å². The number of nitrogens with zero attached hydrogens (tertiary/aromatic N) is 1. The van der Waals surface area contributed by atoms with Crippen LogP contribution in [-0.2, 0) is 9.59 Å². The predicted octanol–water partition coefficient (Wildman–Crippen LogP) is 0.0469. The van der Waals surface area contributed by atoms with Gasteiger partial charge in [0.15, 0.2) is 0 Å². The van der Waals surface area contributed by atoms with E-state index in [0.29, 0.717) is 13.1 Å². The van der Waals surface area contributed by atoms with Crippen LogP contribution < -0.4 is 5.73 Å². The van der Waals surface area contributed by atoms with Crippen LogP contribution >= 0.6 is 0 Å². The van der Waals surface area contributed by atoms with E-state index in [2.05, 4.69) is 0 Å². The lowest BCUT2D eigenvalue weighted by Gasteiger charge is -2.32. The summed E-state index contributed by atoms with van der Waals surface area (Å²) in [4.78, 5) is 23.7. The van der Waals surface area contributed by atoms with Gasteiger partial charge >= 0.3 is 5.97 Å². The maximum absolute atomic E-state index is 11.5. The lowest BCUT2D eigenvalue weighted by atomic mass is 9.93. The third kappa shape index (κ3) is 3.51. The lowest BCUT2D eigenvalue weighted by Crippen LogP contribution is -2.46. The van der Waals surface area contributed by atoms with Crippen LogP contribution in [0.2, 0.25) is 0 Å². The molecule has 0 bridgehead atoms. The highest BCUT2D eigenvalue weighted by Crippen LogP contribution is 2.20. The van der Waals surface area contributed by atoms with Crippen molar-refractivity contribution in [2.24, 2.45) is 11.7 Å². The van der Waals surface area contributed by atoms with Crippen LogP contribution in [0.15, 0.2) is 0 Å². The Hall–Kier alpha value is -1.10. The molecule has 1 aliphatic heterocycles. The van der Waals surface area contributed by atoms with Crippen molar-refractivity contribution in [3.8, 4) is 0 Å². The molecule has 1 heterocycles. The molecule has 3 N–H and O–H groups in total. The molecule has 0 aromatic rings. The topological polar surface area (TPSA) is 83.6 Å². The average molecular weight is 214 g/mol. The molecule has 1 amide bonds. The Morgan fingerprint density at radius 2 is 2.00 bits per heavy atom. The minimum absolute atomic E-state index is 0.0382. The zero-order valence-electron chi connectivity index (χ0n) is 8.98. The number of carboxylic acid groups (broad SMARTS) is 1. The molecule has 5 nitrogen and oxygen atoms in total. The standard InChI is InChI=1S/C10H18N2O3/c1-7(11)10(15)12-4-2-8(3-5-12)6-9(13)14/h7-8H,2-6,11H2,1H3,(H,13,14). The number of carboxylic acids is 1. The fraction of sp³-hybridized carbons (Fsp3) is 0.800. The first-order chi connectivity index (χ1) is 7.00. The molecule has 0 aromatic carbocycles. The molecular weight excluding hydrogens is 196 g/mol. The number of nitrogens with two attached hydrogens (primary N) is 1. The molecule has 86 valence electrons. The van der Waals surface area contributed by atoms with Crippen molar-refractivity contribution in [1.29, 1.82) is 0 Å². The zero-order valence-corrected chi connectivity index (χ0v) is 8.98. The van der Waals surface area contributed by atoms with Gasteiger partial charge in [-0.1, -0.05) is 0 Å². The van der Waals surface area contributed by atoms with E-state index in [1.807, 2.05) is 0 Å². The SMILES string of the molecule is CC(N)C(=O)N1CCC(CC(=O)O)CC1. The van der Waals surface area contributed by atoms with Gasteiger partial charge in [-0.25, -0.2) is 0 Å². The van der Waals surface area contributed by atoms with Crippen molar-refractivity contribution in [2.75, 3.05) is 13.1 Å². The summed E-state index contributed by atoms with van der Waals surface area (Å²) in [6.07, 6.45) is 1.75. The zero-order chi connectivity index (χ0) is 11.4. The Balaban J connectivity index is 2.35. The Labute approximate surface area is 89.2 Å². The fourth-order valence-corrected chi connectivity index (χ4v) is 1.89. The molecule has 0 saturated carbocycles. The van der Waals surface area contributed by atoms with E-state index in [1.165, 1.54) is 0 Å². The number of hydrogen-bond donors (Lipinski definition) is 2. The molecule has 0 spiro atoms. The minimum Gasteiger partial charge on any atom is -0.481 e. The van der Waals surface area contributed by atoms with Gasteiger partial charge in [-0.2, -0.15) is 0 Å². The Bertz CT molecular complexity index is 245. The molecule has 5 heteroatoms. The molecule has 1 rings (SSSR count). The second-order valence-electron chi connectivity index (χ2n) is 4.16. The van der Waals surface area contributed by atoms with Gasteiger partial charge < -0.3 is 15.7 Å². The first-order valence-electron chi connectivity index (χ1n) is 5.27. The molecule has 15 heavy (non-hydrogen) atoms. The normalized spacial score (nSPS) is 20.0. The number of aliphatic carboxylic acids is 1. The quantitative estimate of drug-likeness (QED) is 0.695. The van der Waals surface area contributed by atoms with Crippen LogP contribution in [0.5, 0.6) is 0 Å². The molecule has 1 saturated heterocycles. The summed E-state index contributed by atoms with van der Waals surface area (Å²) in [5.74, 6) is -0.588. The predicted molar refractivity (Wildman–Crippen MR) is 55.2 cm³/mol. The van der Waals surface area contributed by atoms with Crippen molar-refractivity contribution in [3.05, 3.63) is 0 Å². The number of rotatable bonds is 3. The molecule has 1 aliphatic rings. The van der Waals surface area contributed by atoms with Gasteiger partial charge in [-0.15, -0.1) is 0 Å². The number of carbonyl (C=O) groups is 2. The number of carbonyl (C=O) groups excluding carboxylic acids is 1. The molecule has 0 aliphatic carbocycles.